The first-order valence-corrected chi connectivity index (χ1v) is 10.2. The van der Waals surface area contributed by atoms with Crippen molar-refractivity contribution in [3.8, 4) is 0 Å². The number of hydrogen-bond donors (Lipinski definition) is 2. The summed E-state index contributed by atoms with van der Waals surface area (Å²) in [6.07, 6.45) is 15.2. The second-order valence-corrected chi connectivity index (χ2v) is 8.32. The van der Waals surface area contributed by atoms with Crippen molar-refractivity contribution in [2.75, 3.05) is 0 Å². The van der Waals surface area contributed by atoms with Crippen LogP contribution in [0.15, 0.2) is 54.3 Å². The third kappa shape index (κ3) is 5.02. The molecule has 0 saturated heterocycles. The Balaban J connectivity index is 1.66. The lowest BCUT2D eigenvalue weighted by Crippen LogP contribution is -2.36. The van der Waals surface area contributed by atoms with Crippen molar-refractivity contribution in [1.29, 1.82) is 0 Å². The van der Waals surface area contributed by atoms with Crippen LogP contribution >= 0.6 is 11.6 Å². The minimum atomic E-state index is -0.154. The summed E-state index contributed by atoms with van der Waals surface area (Å²) < 4.78 is 0. The molecule has 0 radical (unpaired) electrons. The van der Waals surface area contributed by atoms with E-state index in [-0.39, 0.29) is 6.10 Å². The molecular weight excluding hydrogens is 342 g/mol. The molecule has 2 saturated carbocycles. The molecule has 0 amide bonds. The number of rotatable bonds is 4. The summed E-state index contributed by atoms with van der Waals surface area (Å²) in [4.78, 5) is 0. The van der Waals surface area contributed by atoms with Crippen molar-refractivity contribution in [3.63, 3.8) is 0 Å². The van der Waals surface area contributed by atoms with E-state index in [1.165, 1.54) is 25.7 Å². The summed E-state index contributed by atoms with van der Waals surface area (Å²) >= 11 is 6.06. The standard InChI is InChI=1S/C23H30ClNO/c1-16(17-6-4-7-20(24)13-17)9-11-21(25)12-10-19-15-22(26)14-18-5-2-3-8-23(18)19/h4,6-7,9-13,18-19,22-23,26H,2-3,5,8,14-15,25H2,1H3/b12-10+,16-9+,21-11-. The lowest BCUT2D eigenvalue weighted by molar-refractivity contribution is 0.0230. The Morgan fingerprint density at radius 3 is 2.81 bits per heavy atom. The molecule has 1 aromatic rings. The highest BCUT2D eigenvalue weighted by atomic mass is 35.5. The van der Waals surface area contributed by atoms with Crippen LogP contribution in [0.5, 0.6) is 0 Å². The molecule has 0 heterocycles. The van der Waals surface area contributed by atoms with Crippen LogP contribution in [0.25, 0.3) is 5.57 Å². The van der Waals surface area contributed by atoms with Gasteiger partial charge in [-0.2, -0.15) is 0 Å². The first-order valence-electron chi connectivity index (χ1n) is 9.79. The SMILES string of the molecule is C\C(=C/C=C(N)/C=C/C1CC(O)CC2CCCCC12)c1cccc(Cl)c1. The smallest absolute Gasteiger partial charge is 0.0548 e. The van der Waals surface area contributed by atoms with Gasteiger partial charge in [0.15, 0.2) is 0 Å². The molecule has 2 aliphatic rings. The largest absolute Gasteiger partial charge is 0.399 e. The highest BCUT2D eigenvalue weighted by molar-refractivity contribution is 6.30. The van der Waals surface area contributed by atoms with Crippen LogP contribution in [0.1, 0.15) is 51.0 Å². The molecule has 26 heavy (non-hydrogen) atoms. The van der Waals surface area contributed by atoms with E-state index in [4.69, 9.17) is 17.3 Å². The number of benzene rings is 1. The Bertz CT molecular complexity index is 706. The number of hydrogen-bond acceptors (Lipinski definition) is 2. The average Bonchev–Trinajstić information content (AvgIpc) is 2.64. The molecule has 3 rings (SSSR count). The lowest BCUT2D eigenvalue weighted by atomic mass is 9.64. The Hall–Kier alpha value is -1.51. The van der Waals surface area contributed by atoms with Gasteiger partial charge in [-0.3, -0.25) is 0 Å². The number of allylic oxidation sites excluding steroid dienone is 5. The van der Waals surface area contributed by atoms with Gasteiger partial charge in [-0.05, 0) is 79.4 Å². The van der Waals surface area contributed by atoms with E-state index in [1.807, 2.05) is 42.5 Å². The van der Waals surface area contributed by atoms with E-state index < -0.39 is 0 Å². The third-order valence-electron chi connectivity index (χ3n) is 5.98. The first kappa shape index (κ1) is 19.3. The molecule has 2 nitrogen and oxygen atoms in total. The van der Waals surface area contributed by atoms with Crippen molar-refractivity contribution in [2.24, 2.45) is 23.5 Å². The fourth-order valence-corrected chi connectivity index (χ4v) is 4.78. The fraction of sp³-hybridized carbons (Fsp3) is 0.478. The van der Waals surface area contributed by atoms with Crippen molar-refractivity contribution in [1.82, 2.24) is 0 Å². The molecule has 2 fully saturated rings. The maximum absolute atomic E-state index is 10.2. The van der Waals surface area contributed by atoms with Crippen LogP contribution in [0.3, 0.4) is 0 Å². The number of aliphatic hydroxyl groups excluding tert-OH is 1. The molecule has 4 atom stereocenters. The number of nitrogens with two attached hydrogens (primary N) is 1. The molecule has 3 heteroatoms. The van der Waals surface area contributed by atoms with E-state index in [9.17, 15) is 5.11 Å². The highest BCUT2D eigenvalue weighted by Crippen LogP contribution is 2.44. The van der Waals surface area contributed by atoms with Crippen LogP contribution in [-0.2, 0) is 0 Å². The summed E-state index contributed by atoms with van der Waals surface area (Å²) in [5, 5.41) is 10.9. The molecule has 0 aromatic heterocycles. The topological polar surface area (TPSA) is 46.2 Å². The summed E-state index contributed by atoms with van der Waals surface area (Å²) in [5.41, 5.74) is 9.17. The minimum absolute atomic E-state index is 0.154. The van der Waals surface area contributed by atoms with Crippen molar-refractivity contribution in [2.45, 2.75) is 51.6 Å². The second kappa shape index (κ2) is 8.92. The van der Waals surface area contributed by atoms with Crippen LogP contribution in [0, 0.1) is 17.8 Å². The fourth-order valence-electron chi connectivity index (χ4n) is 4.59. The Morgan fingerprint density at radius 1 is 1.19 bits per heavy atom. The molecule has 0 aliphatic heterocycles. The van der Waals surface area contributed by atoms with Gasteiger partial charge in [-0.1, -0.05) is 55.1 Å². The first-order chi connectivity index (χ1) is 12.5. The maximum Gasteiger partial charge on any atom is 0.0548 e. The van der Waals surface area contributed by atoms with Crippen molar-refractivity contribution < 1.29 is 5.11 Å². The molecule has 140 valence electrons. The zero-order valence-corrected chi connectivity index (χ0v) is 16.3. The third-order valence-corrected chi connectivity index (χ3v) is 6.21. The molecule has 0 spiro atoms. The van der Waals surface area contributed by atoms with E-state index in [0.29, 0.717) is 11.8 Å². The van der Waals surface area contributed by atoms with E-state index in [0.717, 1.165) is 40.6 Å². The predicted molar refractivity (Wildman–Crippen MR) is 111 cm³/mol. The Kier molecular flexibility index (Phi) is 6.61. The van der Waals surface area contributed by atoms with Gasteiger partial charge in [-0.25, -0.2) is 0 Å². The van der Waals surface area contributed by atoms with E-state index >= 15 is 0 Å². The van der Waals surface area contributed by atoms with Gasteiger partial charge >= 0.3 is 0 Å². The molecule has 3 N–H and O–H groups in total. The highest BCUT2D eigenvalue weighted by Gasteiger charge is 2.36. The minimum Gasteiger partial charge on any atom is -0.399 e. The van der Waals surface area contributed by atoms with Crippen molar-refractivity contribution >= 4 is 17.2 Å². The monoisotopic (exact) mass is 371 g/mol. The maximum atomic E-state index is 10.2. The van der Waals surface area contributed by atoms with Crippen LogP contribution in [-0.4, -0.2) is 11.2 Å². The number of aliphatic hydroxyl groups is 1. The molecule has 1 aromatic carbocycles. The quantitative estimate of drug-likeness (QED) is 0.665. The predicted octanol–water partition coefficient (Wildman–Crippen LogP) is 5.72. The summed E-state index contributed by atoms with van der Waals surface area (Å²) in [6.45, 7) is 2.06. The van der Waals surface area contributed by atoms with E-state index in [2.05, 4.69) is 13.0 Å². The van der Waals surface area contributed by atoms with Gasteiger partial charge in [0.25, 0.3) is 0 Å². The van der Waals surface area contributed by atoms with Gasteiger partial charge in [0.2, 0.25) is 0 Å². The summed E-state index contributed by atoms with van der Waals surface area (Å²) in [6, 6.07) is 7.84. The van der Waals surface area contributed by atoms with Gasteiger partial charge in [-0.15, -0.1) is 0 Å². The molecule has 2 aliphatic carbocycles. The molecule has 0 bridgehead atoms. The number of fused-ring (bicyclic) bond motifs is 1. The van der Waals surface area contributed by atoms with Crippen LogP contribution < -0.4 is 5.73 Å². The normalized spacial score (nSPS) is 30.4. The Morgan fingerprint density at radius 2 is 2.00 bits per heavy atom. The zero-order chi connectivity index (χ0) is 18.5. The Labute approximate surface area is 162 Å². The second-order valence-electron chi connectivity index (χ2n) is 7.88. The van der Waals surface area contributed by atoms with E-state index in [1.54, 1.807) is 0 Å². The zero-order valence-electron chi connectivity index (χ0n) is 15.6. The molecule has 4 unspecified atom stereocenters. The van der Waals surface area contributed by atoms with Gasteiger partial charge < -0.3 is 10.8 Å². The van der Waals surface area contributed by atoms with Gasteiger partial charge in [0.1, 0.15) is 0 Å². The summed E-state index contributed by atoms with van der Waals surface area (Å²) in [5.74, 6) is 1.87. The van der Waals surface area contributed by atoms with Crippen molar-refractivity contribution in [3.05, 3.63) is 64.9 Å². The van der Waals surface area contributed by atoms with Gasteiger partial charge in [0.05, 0.1) is 6.10 Å². The van der Waals surface area contributed by atoms with Crippen LogP contribution in [0.4, 0.5) is 0 Å². The van der Waals surface area contributed by atoms with Gasteiger partial charge in [0, 0.05) is 10.7 Å². The molecular formula is C23H30ClNO. The number of halogens is 1. The average molecular weight is 372 g/mol. The van der Waals surface area contributed by atoms with Crippen LogP contribution in [0.2, 0.25) is 5.02 Å². The lowest BCUT2D eigenvalue weighted by Gasteiger charge is -2.42. The summed E-state index contributed by atoms with van der Waals surface area (Å²) in [7, 11) is 0.